The maximum Gasteiger partial charge on any atom is 0.169 e. The molecule has 1 rings (SSSR count). The van der Waals surface area contributed by atoms with Crippen LogP contribution < -0.4 is 0 Å². The summed E-state index contributed by atoms with van der Waals surface area (Å²) in [7, 11) is 5.54. The Morgan fingerprint density at radius 3 is 2.43 bits per heavy atom. The third-order valence-corrected chi connectivity index (χ3v) is 2.88. The smallest absolute Gasteiger partial charge is 0.169 e. The Bertz CT molecular complexity index is 162. The van der Waals surface area contributed by atoms with Crippen LogP contribution in [0.25, 0.3) is 0 Å². The molecule has 1 atom stereocenters. The Hall–Kier alpha value is -0.160. The van der Waals surface area contributed by atoms with Crippen LogP contribution in [0, 0.1) is 0 Å². The van der Waals surface area contributed by atoms with Gasteiger partial charge in [-0.3, -0.25) is 4.90 Å². The molecule has 1 unspecified atom stereocenters. The van der Waals surface area contributed by atoms with Gasteiger partial charge in [0.1, 0.15) is 0 Å². The largest absolute Gasteiger partial charge is 0.355 e. The van der Waals surface area contributed by atoms with Gasteiger partial charge in [0.25, 0.3) is 0 Å². The molecule has 84 valence electrons. The van der Waals surface area contributed by atoms with E-state index in [2.05, 4.69) is 23.8 Å². The summed E-state index contributed by atoms with van der Waals surface area (Å²) in [4.78, 5) is 4.77. The van der Waals surface area contributed by atoms with Crippen LogP contribution in [0.1, 0.15) is 6.92 Å². The summed E-state index contributed by atoms with van der Waals surface area (Å²) in [6.45, 7) is 6.46. The van der Waals surface area contributed by atoms with Crippen LogP contribution in [-0.4, -0.2) is 69.6 Å². The fourth-order valence-corrected chi connectivity index (χ4v) is 1.89. The zero-order valence-corrected chi connectivity index (χ0v) is 9.69. The van der Waals surface area contributed by atoms with Crippen molar-refractivity contribution in [1.82, 2.24) is 9.80 Å². The van der Waals surface area contributed by atoms with E-state index < -0.39 is 0 Å². The number of piperazine rings is 1. The molecule has 1 aliphatic rings. The van der Waals surface area contributed by atoms with Gasteiger partial charge in [-0.1, -0.05) is 0 Å². The highest BCUT2D eigenvalue weighted by atomic mass is 16.7. The van der Waals surface area contributed by atoms with Crippen LogP contribution in [0.3, 0.4) is 0 Å². The highest BCUT2D eigenvalue weighted by Gasteiger charge is 2.23. The molecule has 1 saturated heterocycles. The van der Waals surface area contributed by atoms with Gasteiger partial charge in [0.2, 0.25) is 0 Å². The van der Waals surface area contributed by atoms with E-state index in [-0.39, 0.29) is 6.29 Å². The maximum absolute atomic E-state index is 5.20. The van der Waals surface area contributed by atoms with Crippen molar-refractivity contribution in [3.8, 4) is 0 Å². The Labute approximate surface area is 86.8 Å². The minimum absolute atomic E-state index is 0.0964. The van der Waals surface area contributed by atoms with Gasteiger partial charge < -0.3 is 14.4 Å². The van der Waals surface area contributed by atoms with E-state index in [9.17, 15) is 0 Å². The molecule has 0 amide bonds. The minimum atomic E-state index is -0.0964. The lowest BCUT2D eigenvalue weighted by atomic mass is 10.2. The quantitative estimate of drug-likeness (QED) is 0.610. The summed E-state index contributed by atoms with van der Waals surface area (Å²) in [5, 5.41) is 0. The maximum atomic E-state index is 5.20. The molecule has 0 spiro atoms. The SMILES string of the molecule is COC(CN1CCN(C)CC1C)OC. The van der Waals surface area contributed by atoms with Crippen molar-refractivity contribution in [3.05, 3.63) is 0 Å². The first-order valence-electron chi connectivity index (χ1n) is 5.15. The molecule has 4 heteroatoms. The predicted molar refractivity (Wildman–Crippen MR) is 56.3 cm³/mol. The Kier molecular flexibility index (Phi) is 4.81. The summed E-state index contributed by atoms with van der Waals surface area (Å²) < 4.78 is 10.4. The molecule has 0 radical (unpaired) electrons. The van der Waals surface area contributed by atoms with E-state index in [1.54, 1.807) is 14.2 Å². The van der Waals surface area contributed by atoms with E-state index >= 15 is 0 Å². The van der Waals surface area contributed by atoms with Crippen molar-refractivity contribution in [2.24, 2.45) is 0 Å². The van der Waals surface area contributed by atoms with Gasteiger partial charge in [-0.2, -0.15) is 0 Å². The van der Waals surface area contributed by atoms with Crippen molar-refractivity contribution in [2.75, 3.05) is 47.4 Å². The van der Waals surface area contributed by atoms with Crippen molar-refractivity contribution in [2.45, 2.75) is 19.3 Å². The molecule has 0 aliphatic carbocycles. The monoisotopic (exact) mass is 202 g/mol. The average molecular weight is 202 g/mol. The van der Waals surface area contributed by atoms with Crippen molar-refractivity contribution >= 4 is 0 Å². The molecule has 1 fully saturated rings. The van der Waals surface area contributed by atoms with Crippen molar-refractivity contribution < 1.29 is 9.47 Å². The zero-order valence-electron chi connectivity index (χ0n) is 9.69. The van der Waals surface area contributed by atoms with Crippen LogP contribution in [0.4, 0.5) is 0 Å². The third kappa shape index (κ3) is 3.20. The second kappa shape index (κ2) is 5.66. The Morgan fingerprint density at radius 1 is 1.29 bits per heavy atom. The molecule has 0 saturated carbocycles. The number of likely N-dealkylation sites (N-methyl/N-ethyl adjacent to an activating group) is 1. The van der Waals surface area contributed by atoms with Crippen LogP contribution in [-0.2, 0) is 9.47 Å². The molecule has 0 N–H and O–H groups in total. The number of nitrogens with zero attached hydrogens (tertiary/aromatic N) is 2. The van der Waals surface area contributed by atoms with Crippen molar-refractivity contribution in [1.29, 1.82) is 0 Å². The van der Waals surface area contributed by atoms with Gasteiger partial charge in [-0.25, -0.2) is 0 Å². The van der Waals surface area contributed by atoms with Gasteiger partial charge >= 0.3 is 0 Å². The summed E-state index contributed by atoms with van der Waals surface area (Å²) in [5.74, 6) is 0. The first-order chi connectivity index (χ1) is 6.67. The molecule has 4 nitrogen and oxygen atoms in total. The highest BCUT2D eigenvalue weighted by molar-refractivity contribution is 4.77. The highest BCUT2D eigenvalue weighted by Crippen LogP contribution is 2.09. The van der Waals surface area contributed by atoms with Gasteiger partial charge in [0.05, 0.1) is 0 Å². The molecular formula is C10H22N2O2. The van der Waals surface area contributed by atoms with E-state index in [4.69, 9.17) is 9.47 Å². The van der Waals surface area contributed by atoms with Gasteiger partial charge in [-0.05, 0) is 14.0 Å². The lowest BCUT2D eigenvalue weighted by Gasteiger charge is -2.39. The summed E-state index contributed by atoms with van der Waals surface area (Å²) >= 11 is 0. The van der Waals surface area contributed by atoms with Gasteiger partial charge in [-0.15, -0.1) is 0 Å². The van der Waals surface area contributed by atoms with Crippen LogP contribution >= 0.6 is 0 Å². The molecular weight excluding hydrogens is 180 g/mol. The third-order valence-electron chi connectivity index (χ3n) is 2.88. The van der Waals surface area contributed by atoms with Gasteiger partial charge in [0, 0.05) is 46.4 Å². The molecule has 1 aliphatic heterocycles. The molecule has 1 heterocycles. The number of hydrogen-bond donors (Lipinski definition) is 0. The summed E-state index contributed by atoms with van der Waals surface area (Å²) in [5.41, 5.74) is 0. The standard InChI is InChI=1S/C10H22N2O2/c1-9-7-11(2)5-6-12(9)8-10(13-3)14-4/h9-10H,5-8H2,1-4H3. The number of rotatable bonds is 4. The minimum Gasteiger partial charge on any atom is -0.355 e. The second-order valence-corrected chi connectivity index (χ2v) is 4.01. The molecule has 14 heavy (non-hydrogen) atoms. The number of hydrogen-bond acceptors (Lipinski definition) is 4. The van der Waals surface area contributed by atoms with E-state index in [1.165, 1.54) is 0 Å². The molecule has 0 bridgehead atoms. The summed E-state index contributed by atoms with van der Waals surface area (Å²) in [6, 6.07) is 0.585. The zero-order chi connectivity index (χ0) is 10.6. The first-order valence-corrected chi connectivity index (χ1v) is 5.15. The lowest BCUT2D eigenvalue weighted by molar-refractivity contribution is -0.124. The van der Waals surface area contributed by atoms with Crippen molar-refractivity contribution in [3.63, 3.8) is 0 Å². The molecule has 0 aromatic rings. The van der Waals surface area contributed by atoms with Crippen LogP contribution in [0.5, 0.6) is 0 Å². The van der Waals surface area contributed by atoms with Gasteiger partial charge in [0.15, 0.2) is 6.29 Å². The number of methoxy groups -OCH3 is 2. The number of ether oxygens (including phenoxy) is 2. The van der Waals surface area contributed by atoms with E-state index in [0.717, 1.165) is 26.2 Å². The topological polar surface area (TPSA) is 24.9 Å². The molecule has 0 aromatic carbocycles. The normalized spacial score (nSPS) is 25.9. The average Bonchev–Trinajstić information content (AvgIpc) is 2.17. The van der Waals surface area contributed by atoms with E-state index in [0.29, 0.717) is 6.04 Å². The van der Waals surface area contributed by atoms with Crippen LogP contribution in [0.2, 0.25) is 0 Å². The Morgan fingerprint density at radius 2 is 1.93 bits per heavy atom. The predicted octanol–water partition coefficient (Wildman–Crippen LogP) is 0.241. The fraction of sp³-hybridized carbons (Fsp3) is 1.00. The van der Waals surface area contributed by atoms with Crippen LogP contribution in [0.15, 0.2) is 0 Å². The first kappa shape index (κ1) is 11.9. The summed E-state index contributed by atoms with van der Waals surface area (Å²) in [6.07, 6.45) is -0.0964. The lowest BCUT2D eigenvalue weighted by Crippen LogP contribution is -2.52. The fourth-order valence-electron chi connectivity index (χ4n) is 1.89. The molecule has 0 aromatic heterocycles. The van der Waals surface area contributed by atoms with E-state index in [1.807, 2.05) is 0 Å². The second-order valence-electron chi connectivity index (χ2n) is 4.01. The Balaban J connectivity index is 2.36.